The lowest BCUT2D eigenvalue weighted by molar-refractivity contribution is 0.333. The maximum atomic E-state index is 6.56. The predicted molar refractivity (Wildman–Crippen MR) is 77.8 cm³/mol. The Morgan fingerprint density at radius 1 is 1.28 bits per heavy atom. The van der Waals surface area contributed by atoms with Gasteiger partial charge in [-0.3, -0.25) is 0 Å². The van der Waals surface area contributed by atoms with Crippen molar-refractivity contribution in [1.29, 1.82) is 0 Å². The quantitative estimate of drug-likeness (QED) is 0.655. The van der Waals surface area contributed by atoms with Gasteiger partial charge in [0, 0.05) is 10.6 Å². The molecule has 1 atom stereocenters. The van der Waals surface area contributed by atoms with Crippen molar-refractivity contribution in [2.75, 3.05) is 7.11 Å². The van der Waals surface area contributed by atoms with Gasteiger partial charge in [-0.2, -0.15) is 0 Å². The number of alkyl halides is 1. The van der Waals surface area contributed by atoms with Crippen LogP contribution in [0.1, 0.15) is 49.5 Å². The zero-order valence-corrected chi connectivity index (χ0v) is 12.3. The normalized spacial score (nSPS) is 18.6. The summed E-state index contributed by atoms with van der Waals surface area (Å²) in [4.78, 5) is 0. The molecule has 0 amide bonds. The van der Waals surface area contributed by atoms with Crippen molar-refractivity contribution in [3.05, 3.63) is 28.8 Å². The lowest BCUT2D eigenvalue weighted by Crippen LogP contribution is -2.09. The topological polar surface area (TPSA) is 9.23 Å². The van der Waals surface area contributed by atoms with E-state index in [-0.39, 0.29) is 5.38 Å². The van der Waals surface area contributed by atoms with E-state index in [9.17, 15) is 0 Å². The third kappa shape index (κ3) is 3.55. The third-order valence-electron chi connectivity index (χ3n) is 3.79. The van der Waals surface area contributed by atoms with E-state index in [0.29, 0.717) is 0 Å². The molecule has 2 rings (SSSR count). The van der Waals surface area contributed by atoms with Gasteiger partial charge in [0.15, 0.2) is 0 Å². The van der Waals surface area contributed by atoms with Crippen molar-refractivity contribution in [3.8, 4) is 5.75 Å². The second-order valence-corrected chi connectivity index (χ2v) is 6.06. The summed E-state index contributed by atoms with van der Waals surface area (Å²) >= 11 is 12.6. The molecule has 0 aliphatic heterocycles. The summed E-state index contributed by atoms with van der Waals surface area (Å²) in [6.07, 6.45) is 7.72. The van der Waals surface area contributed by atoms with Crippen LogP contribution in [0.2, 0.25) is 5.02 Å². The van der Waals surface area contributed by atoms with Crippen LogP contribution in [0, 0.1) is 5.92 Å². The van der Waals surface area contributed by atoms with Crippen LogP contribution in [0.4, 0.5) is 0 Å². The highest BCUT2D eigenvalue weighted by Gasteiger charge is 2.21. The molecule has 0 N–H and O–H groups in total. The molecule has 0 aromatic heterocycles. The Kier molecular flexibility index (Phi) is 5.20. The molecule has 0 spiro atoms. The maximum Gasteiger partial charge on any atom is 0.123 e. The molecule has 1 aliphatic carbocycles. The Morgan fingerprint density at radius 3 is 2.67 bits per heavy atom. The first kappa shape index (κ1) is 14.0. The first-order valence-corrected chi connectivity index (χ1v) is 7.49. The summed E-state index contributed by atoms with van der Waals surface area (Å²) in [5.74, 6) is 1.60. The van der Waals surface area contributed by atoms with E-state index in [1.165, 1.54) is 32.1 Å². The van der Waals surface area contributed by atoms with E-state index in [1.54, 1.807) is 7.11 Å². The van der Waals surface area contributed by atoms with Crippen molar-refractivity contribution in [3.63, 3.8) is 0 Å². The summed E-state index contributed by atoms with van der Waals surface area (Å²) in [6.45, 7) is 0. The van der Waals surface area contributed by atoms with Gasteiger partial charge in [-0.15, -0.1) is 11.6 Å². The van der Waals surface area contributed by atoms with Crippen LogP contribution < -0.4 is 4.74 Å². The number of methoxy groups -OCH3 is 1. The number of hydrogen-bond acceptors (Lipinski definition) is 1. The van der Waals surface area contributed by atoms with Crippen molar-refractivity contribution in [2.45, 2.75) is 43.9 Å². The van der Waals surface area contributed by atoms with E-state index in [0.717, 1.165) is 28.7 Å². The Labute approximate surface area is 119 Å². The van der Waals surface area contributed by atoms with Crippen LogP contribution in [-0.4, -0.2) is 7.11 Å². The van der Waals surface area contributed by atoms with Gasteiger partial charge in [-0.1, -0.05) is 43.7 Å². The van der Waals surface area contributed by atoms with E-state index >= 15 is 0 Å². The Morgan fingerprint density at radius 2 is 2.00 bits per heavy atom. The minimum absolute atomic E-state index is 0.00162. The van der Waals surface area contributed by atoms with Gasteiger partial charge in [0.25, 0.3) is 0 Å². The minimum Gasteiger partial charge on any atom is -0.496 e. The van der Waals surface area contributed by atoms with Gasteiger partial charge in [0.2, 0.25) is 0 Å². The van der Waals surface area contributed by atoms with Crippen LogP contribution in [0.15, 0.2) is 18.2 Å². The first-order valence-electron chi connectivity index (χ1n) is 6.68. The highest BCUT2D eigenvalue weighted by molar-refractivity contribution is 6.31. The molecule has 18 heavy (non-hydrogen) atoms. The molecule has 1 nitrogen and oxygen atoms in total. The van der Waals surface area contributed by atoms with Crippen molar-refractivity contribution in [1.82, 2.24) is 0 Å². The number of hydrogen-bond donors (Lipinski definition) is 0. The highest BCUT2D eigenvalue weighted by Crippen LogP contribution is 2.39. The molecule has 1 saturated carbocycles. The number of halogens is 2. The summed E-state index contributed by atoms with van der Waals surface area (Å²) in [6, 6.07) is 5.67. The lowest BCUT2D eigenvalue weighted by Gasteiger charge is -2.24. The van der Waals surface area contributed by atoms with E-state index in [1.807, 2.05) is 18.2 Å². The SMILES string of the molecule is COc1ccc(Cl)cc1C(Cl)CC1CCCCC1. The Hall–Kier alpha value is -0.400. The molecule has 3 heteroatoms. The second-order valence-electron chi connectivity index (χ2n) is 5.09. The molecule has 1 aromatic carbocycles. The third-order valence-corrected chi connectivity index (χ3v) is 4.44. The minimum atomic E-state index is 0.00162. The number of rotatable bonds is 4. The molecule has 1 aliphatic rings. The first-order chi connectivity index (χ1) is 8.70. The average Bonchev–Trinajstić information content (AvgIpc) is 2.40. The standard InChI is InChI=1S/C15H20Cl2O/c1-18-15-8-7-12(16)10-13(15)14(17)9-11-5-3-2-4-6-11/h7-8,10-11,14H,2-6,9H2,1H3. The summed E-state index contributed by atoms with van der Waals surface area (Å²) in [5, 5.41) is 0.724. The zero-order chi connectivity index (χ0) is 13.0. The highest BCUT2D eigenvalue weighted by atomic mass is 35.5. The molecule has 0 saturated heterocycles. The van der Waals surface area contributed by atoms with Gasteiger partial charge in [0.05, 0.1) is 12.5 Å². The fraction of sp³-hybridized carbons (Fsp3) is 0.600. The molecular formula is C15H20Cl2O. The van der Waals surface area contributed by atoms with E-state index in [2.05, 4.69) is 0 Å². The fourth-order valence-corrected chi connectivity index (χ4v) is 3.40. The summed E-state index contributed by atoms with van der Waals surface area (Å²) < 4.78 is 5.37. The molecule has 100 valence electrons. The predicted octanol–water partition coefficient (Wildman–Crippen LogP) is 5.60. The summed E-state index contributed by atoms with van der Waals surface area (Å²) in [7, 11) is 1.68. The largest absolute Gasteiger partial charge is 0.496 e. The number of ether oxygens (including phenoxy) is 1. The second kappa shape index (κ2) is 6.68. The van der Waals surface area contributed by atoms with Crippen LogP contribution in [0.3, 0.4) is 0 Å². The Bertz CT molecular complexity index is 386. The van der Waals surface area contributed by atoms with Crippen molar-refractivity contribution < 1.29 is 4.74 Å². The van der Waals surface area contributed by atoms with Crippen molar-refractivity contribution >= 4 is 23.2 Å². The van der Waals surface area contributed by atoms with Gasteiger partial charge < -0.3 is 4.74 Å². The monoisotopic (exact) mass is 286 g/mol. The van der Waals surface area contributed by atoms with Gasteiger partial charge in [-0.25, -0.2) is 0 Å². The molecule has 0 radical (unpaired) electrons. The number of benzene rings is 1. The molecule has 1 fully saturated rings. The molecule has 1 unspecified atom stereocenters. The van der Waals surface area contributed by atoms with E-state index < -0.39 is 0 Å². The molecule has 0 heterocycles. The molecular weight excluding hydrogens is 267 g/mol. The fourth-order valence-electron chi connectivity index (χ4n) is 2.79. The van der Waals surface area contributed by atoms with Crippen LogP contribution >= 0.6 is 23.2 Å². The van der Waals surface area contributed by atoms with E-state index in [4.69, 9.17) is 27.9 Å². The molecule has 0 bridgehead atoms. The lowest BCUT2D eigenvalue weighted by atomic mass is 9.85. The van der Waals surface area contributed by atoms with Gasteiger partial charge in [0.1, 0.15) is 5.75 Å². The van der Waals surface area contributed by atoms with Gasteiger partial charge >= 0.3 is 0 Å². The molecule has 1 aromatic rings. The maximum absolute atomic E-state index is 6.56. The average molecular weight is 287 g/mol. The van der Waals surface area contributed by atoms with Gasteiger partial charge in [-0.05, 0) is 30.5 Å². The van der Waals surface area contributed by atoms with Crippen LogP contribution in [-0.2, 0) is 0 Å². The Balaban J connectivity index is 2.07. The van der Waals surface area contributed by atoms with Crippen molar-refractivity contribution in [2.24, 2.45) is 5.92 Å². The zero-order valence-electron chi connectivity index (χ0n) is 10.8. The van der Waals surface area contributed by atoms with Crippen LogP contribution in [0.25, 0.3) is 0 Å². The summed E-state index contributed by atoms with van der Waals surface area (Å²) in [5.41, 5.74) is 1.03. The smallest absolute Gasteiger partial charge is 0.123 e. The van der Waals surface area contributed by atoms with Crippen LogP contribution in [0.5, 0.6) is 5.75 Å².